The van der Waals surface area contributed by atoms with Crippen molar-refractivity contribution in [2.24, 2.45) is 0 Å². The van der Waals surface area contributed by atoms with Crippen molar-refractivity contribution in [3.05, 3.63) is 89.0 Å². The molecular weight excluding hydrogens is 336 g/mol. The molecule has 0 amide bonds. The van der Waals surface area contributed by atoms with Gasteiger partial charge in [0.15, 0.2) is 11.6 Å². The number of benzene rings is 3. The fourth-order valence-corrected chi connectivity index (χ4v) is 3.80. The van der Waals surface area contributed by atoms with Crippen LogP contribution in [0.3, 0.4) is 0 Å². The molecule has 4 heteroatoms. The molecule has 0 unspecified atom stereocenters. The third-order valence-corrected chi connectivity index (χ3v) is 5.26. The van der Waals surface area contributed by atoms with Crippen LogP contribution < -0.4 is 0 Å². The van der Waals surface area contributed by atoms with Gasteiger partial charge >= 0.3 is 0 Å². The maximum Gasteiger partial charge on any atom is 0.194 e. The lowest BCUT2D eigenvalue weighted by Crippen LogP contribution is -2.20. The van der Waals surface area contributed by atoms with E-state index in [1.165, 1.54) is 0 Å². The van der Waals surface area contributed by atoms with Crippen LogP contribution in [-0.4, -0.2) is 11.6 Å². The molecule has 116 valence electrons. The molecule has 0 radical (unpaired) electrons. The molecule has 0 spiro atoms. The van der Waals surface area contributed by atoms with Crippen LogP contribution in [0.25, 0.3) is 0 Å². The average molecular weight is 348 g/mol. The summed E-state index contributed by atoms with van der Waals surface area (Å²) in [6, 6.07) is 20.2. The summed E-state index contributed by atoms with van der Waals surface area (Å²) in [5.74, 6) is -0.176. The Kier molecular flexibility index (Phi) is 3.79. The van der Waals surface area contributed by atoms with Crippen molar-refractivity contribution in [1.82, 2.24) is 0 Å². The Morgan fingerprint density at radius 3 is 1.83 bits per heavy atom. The molecule has 0 atom stereocenters. The number of thiol groups is 1. The van der Waals surface area contributed by atoms with Gasteiger partial charge in [0, 0.05) is 36.9 Å². The molecular formula is C20H12O2S2. The molecule has 2 nitrogen and oxygen atoms in total. The summed E-state index contributed by atoms with van der Waals surface area (Å²) in [6.07, 6.45) is 0. The fraction of sp³-hybridized carbons (Fsp3) is 0. The van der Waals surface area contributed by atoms with Crippen molar-refractivity contribution in [3.8, 4) is 0 Å². The van der Waals surface area contributed by atoms with Gasteiger partial charge in [-0.05, 0) is 42.5 Å². The van der Waals surface area contributed by atoms with Crippen LogP contribution in [0.5, 0.6) is 0 Å². The van der Waals surface area contributed by atoms with Gasteiger partial charge in [0.2, 0.25) is 0 Å². The molecule has 4 rings (SSSR count). The monoisotopic (exact) mass is 348 g/mol. The molecule has 0 aromatic heterocycles. The highest BCUT2D eigenvalue weighted by atomic mass is 32.2. The van der Waals surface area contributed by atoms with Gasteiger partial charge in [-0.2, -0.15) is 0 Å². The van der Waals surface area contributed by atoms with E-state index >= 15 is 0 Å². The first kappa shape index (κ1) is 15.2. The minimum Gasteiger partial charge on any atom is -0.289 e. The Morgan fingerprint density at radius 2 is 1.17 bits per heavy atom. The van der Waals surface area contributed by atoms with Crippen molar-refractivity contribution in [1.29, 1.82) is 0 Å². The Labute approximate surface area is 149 Å². The highest BCUT2D eigenvalue weighted by molar-refractivity contribution is 7.99. The van der Waals surface area contributed by atoms with E-state index in [0.29, 0.717) is 22.3 Å². The molecule has 0 heterocycles. The summed E-state index contributed by atoms with van der Waals surface area (Å²) >= 11 is 5.84. The molecule has 24 heavy (non-hydrogen) atoms. The van der Waals surface area contributed by atoms with Gasteiger partial charge < -0.3 is 0 Å². The first-order valence-corrected chi connectivity index (χ1v) is 8.69. The van der Waals surface area contributed by atoms with E-state index in [1.807, 2.05) is 36.4 Å². The SMILES string of the molecule is O=C1c2ccccc2C(=O)c2cc(Sc3ccc(S)cc3)ccc21. The van der Waals surface area contributed by atoms with Gasteiger partial charge in [0.1, 0.15) is 0 Å². The first-order valence-electron chi connectivity index (χ1n) is 7.43. The Bertz CT molecular complexity index is 975. The lowest BCUT2D eigenvalue weighted by atomic mass is 9.84. The largest absolute Gasteiger partial charge is 0.289 e. The molecule has 0 saturated carbocycles. The van der Waals surface area contributed by atoms with Crippen molar-refractivity contribution in [2.75, 3.05) is 0 Å². The highest BCUT2D eigenvalue weighted by Crippen LogP contribution is 2.33. The number of ketones is 2. The standard InChI is InChI=1S/C20H12O2S2/c21-19-15-3-1-2-4-16(15)20(22)18-11-14(9-10-17(18)19)24-13-7-5-12(23)6-8-13/h1-11,23H. The third kappa shape index (κ3) is 2.58. The lowest BCUT2D eigenvalue weighted by molar-refractivity contribution is 0.0979. The molecule has 0 aliphatic heterocycles. The van der Waals surface area contributed by atoms with E-state index in [9.17, 15) is 9.59 Å². The van der Waals surface area contributed by atoms with Crippen molar-refractivity contribution in [3.63, 3.8) is 0 Å². The van der Waals surface area contributed by atoms with Crippen LogP contribution in [-0.2, 0) is 0 Å². The highest BCUT2D eigenvalue weighted by Gasteiger charge is 2.29. The van der Waals surface area contributed by atoms with Crippen LogP contribution in [0.2, 0.25) is 0 Å². The zero-order valence-electron chi connectivity index (χ0n) is 12.5. The van der Waals surface area contributed by atoms with Crippen molar-refractivity contribution in [2.45, 2.75) is 14.7 Å². The summed E-state index contributed by atoms with van der Waals surface area (Å²) in [7, 11) is 0. The molecule has 3 aromatic carbocycles. The smallest absolute Gasteiger partial charge is 0.194 e. The number of rotatable bonds is 2. The van der Waals surface area contributed by atoms with E-state index < -0.39 is 0 Å². The molecule has 3 aromatic rings. The number of hydrogen-bond acceptors (Lipinski definition) is 4. The normalized spacial score (nSPS) is 12.7. The van der Waals surface area contributed by atoms with E-state index in [0.717, 1.165) is 14.7 Å². The van der Waals surface area contributed by atoms with E-state index in [2.05, 4.69) is 12.6 Å². The molecule has 0 bridgehead atoms. The molecule has 0 saturated heterocycles. The minimum absolute atomic E-state index is 0.0869. The number of hydrogen-bond donors (Lipinski definition) is 1. The van der Waals surface area contributed by atoms with Gasteiger partial charge in [-0.15, -0.1) is 12.6 Å². The van der Waals surface area contributed by atoms with Gasteiger partial charge in [0.25, 0.3) is 0 Å². The third-order valence-electron chi connectivity index (χ3n) is 3.97. The minimum atomic E-state index is -0.0895. The summed E-state index contributed by atoms with van der Waals surface area (Å²) < 4.78 is 0. The summed E-state index contributed by atoms with van der Waals surface area (Å²) in [5.41, 5.74) is 1.93. The van der Waals surface area contributed by atoms with Gasteiger partial charge in [0.05, 0.1) is 0 Å². The van der Waals surface area contributed by atoms with Crippen molar-refractivity contribution < 1.29 is 9.59 Å². The topological polar surface area (TPSA) is 34.1 Å². The predicted octanol–water partition coefficient (Wildman–Crippen LogP) is 4.90. The predicted molar refractivity (Wildman–Crippen MR) is 97.6 cm³/mol. The van der Waals surface area contributed by atoms with Gasteiger partial charge in [-0.3, -0.25) is 9.59 Å². The van der Waals surface area contributed by atoms with Crippen LogP contribution in [0.15, 0.2) is 81.4 Å². The molecule has 0 N–H and O–H groups in total. The number of fused-ring (bicyclic) bond motifs is 2. The fourth-order valence-electron chi connectivity index (χ4n) is 2.79. The van der Waals surface area contributed by atoms with Crippen molar-refractivity contribution >= 4 is 36.0 Å². The van der Waals surface area contributed by atoms with Gasteiger partial charge in [-0.25, -0.2) is 0 Å². The van der Waals surface area contributed by atoms with E-state index in [-0.39, 0.29) is 11.6 Å². The summed E-state index contributed by atoms with van der Waals surface area (Å²) in [5, 5.41) is 0. The second-order valence-corrected chi connectivity index (χ2v) is 7.17. The molecule has 1 aliphatic carbocycles. The average Bonchev–Trinajstić information content (AvgIpc) is 2.62. The van der Waals surface area contributed by atoms with Crippen LogP contribution >= 0.6 is 24.4 Å². The second-order valence-electron chi connectivity index (χ2n) is 5.51. The van der Waals surface area contributed by atoms with Crippen LogP contribution in [0.1, 0.15) is 31.8 Å². The maximum absolute atomic E-state index is 12.7. The zero-order chi connectivity index (χ0) is 16.7. The number of carbonyl (C=O) groups excluding carboxylic acids is 2. The first-order chi connectivity index (χ1) is 11.6. The second kappa shape index (κ2) is 5.96. The Morgan fingerprint density at radius 1 is 0.625 bits per heavy atom. The van der Waals surface area contributed by atoms with E-state index in [1.54, 1.807) is 42.1 Å². The quantitative estimate of drug-likeness (QED) is 0.523. The Hall–Kier alpha value is -2.30. The summed E-state index contributed by atoms with van der Waals surface area (Å²) in [6.45, 7) is 0. The van der Waals surface area contributed by atoms with Crippen LogP contribution in [0.4, 0.5) is 0 Å². The van der Waals surface area contributed by atoms with Gasteiger partial charge in [-0.1, -0.05) is 36.0 Å². The Balaban J connectivity index is 1.74. The summed E-state index contributed by atoms with van der Waals surface area (Å²) in [4.78, 5) is 28.2. The molecule has 1 aliphatic rings. The van der Waals surface area contributed by atoms with Crippen LogP contribution in [0, 0.1) is 0 Å². The maximum atomic E-state index is 12.7. The molecule has 0 fully saturated rings. The number of carbonyl (C=O) groups is 2. The van der Waals surface area contributed by atoms with E-state index in [4.69, 9.17) is 0 Å². The zero-order valence-corrected chi connectivity index (χ0v) is 14.2. The lowest BCUT2D eigenvalue weighted by Gasteiger charge is -2.17.